The molecule has 0 bridgehead atoms. The zero-order valence-electron chi connectivity index (χ0n) is 15.0. The molecule has 1 atom stereocenters. The fourth-order valence-corrected chi connectivity index (χ4v) is 4.75. The van der Waals surface area contributed by atoms with Crippen LogP contribution in [0.15, 0.2) is 48.5 Å². The summed E-state index contributed by atoms with van der Waals surface area (Å²) in [6.45, 7) is 0. The predicted molar refractivity (Wildman–Crippen MR) is 98.2 cm³/mol. The van der Waals surface area contributed by atoms with E-state index in [-0.39, 0.29) is 11.1 Å². The van der Waals surface area contributed by atoms with Gasteiger partial charge in [-0.2, -0.15) is 0 Å². The smallest absolute Gasteiger partial charge is 0.325 e. The van der Waals surface area contributed by atoms with E-state index in [9.17, 15) is 19.2 Å². The molecule has 0 amide bonds. The first kappa shape index (κ1) is 18.4. The van der Waals surface area contributed by atoms with Crippen molar-refractivity contribution in [3.63, 3.8) is 0 Å². The molecular weight excluding hydrogens is 384 g/mol. The molecule has 0 saturated heterocycles. The Labute approximate surface area is 165 Å². The summed E-state index contributed by atoms with van der Waals surface area (Å²) in [6, 6.07) is 12.6. The van der Waals surface area contributed by atoms with E-state index in [1.807, 2.05) is 0 Å². The Bertz CT molecular complexity index is 988. The second kappa shape index (κ2) is 6.01. The van der Waals surface area contributed by atoms with Crippen molar-refractivity contribution < 1.29 is 28.7 Å². The van der Waals surface area contributed by atoms with Crippen molar-refractivity contribution >= 4 is 35.1 Å². The Kier molecular flexibility index (Phi) is 3.94. The van der Waals surface area contributed by atoms with Gasteiger partial charge in [0.25, 0.3) is 0 Å². The zero-order valence-corrected chi connectivity index (χ0v) is 15.8. The number of Topliss-reactive ketones (excluding diaryl/α,β-unsaturated/α-hetero) is 2. The minimum atomic E-state index is -2.09. The molecule has 2 aliphatic carbocycles. The Balaban J connectivity index is 2.02. The first-order chi connectivity index (χ1) is 13.4. The molecule has 28 heavy (non-hydrogen) atoms. The van der Waals surface area contributed by atoms with Crippen LogP contribution in [0.25, 0.3) is 0 Å². The third-order valence-corrected chi connectivity index (χ3v) is 6.01. The van der Waals surface area contributed by atoms with E-state index in [2.05, 4.69) is 0 Å². The molecule has 2 aliphatic rings. The molecule has 1 unspecified atom stereocenters. The van der Waals surface area contributed by atoms with E-state index in [4.69, 9.17) is 21.1 Å². The standard InChI is InChI=1S/C21H15ClO6/c1-27-18(25)21(19(26)28-2)15(11-7-9-12(22)10-8-11)20(21)16(23)13-5-3-4-6-14(13)17(20)24/h3-10,15H,1-2H3. The van der Waals surface area contributed by atoms with Crippen LogP contribution in [0.3, 0.4) is 0 Å². The molecule has 6 nitrogen and oxygen atoms in total. The molecule has 0 aliphatic heterocycles. The molecule has 0 heterocycles. The lowest BCUT2D eigenvalue weighted by Crippen LogP contribution is -2.39. The Hall–Kier alpha value is -2.99. The van der Waals surface area contributed by atoms with Gasteiger partial charge in [-0.15, -0.1) is 0 Å². The van der Waals surface area contributed by atoms with Crippen LogP contribution < -0.4 is 0 Å². The highest BCUT2D eigenvalue weighted by Crippen LogP contribution is 2.79. The molecule has 2 aromatic rings. The van der Waals surface area contributed by atoms with Crippen LogP contribution in [0.2, 0.25) is 5.02 Å². The molecule has 0 N–H and O–H groups in total. The van der Waals surface area contributed by atoms with Crippen molar-refractivity contribution in [3.8, 4) is 0 Å². The quantitative estimate of drug-likeness (QED) is 0.583. The number of ether oxygens (including phenoxy) is 2. The maximum atomic E-state index is 13.4. The summed E-state index contributed by atoms with van der Waals surface area (Å²) >= 11 is 5.95. The molecule has 1 fully saturated rings. The number of carbonyl (C=O) groups excluding carboxylic acids is 4. The summed E-state index contributed by atoms with van der Waals surface area (Å²) in [5.74, 6) is -4.17. The van der Waals surface area contributed by atoms with Gasteiger partial charge in [-0.25, -0.2) is 0 Å². The van der Waals surface area contributed by atoms with Crippen LogP contribution in [0.4, 0.5) is 0 Å². The minimum Gasteiger partial charge on any atom is -0.468 e. The normalized spacial score (nSPS) is 20.6. The van der Waals surface area contributed by atoms with Gasteiger partial charge >= 0.3 is 11.9 Å². The maximum Gasteiger partial charge on any atom is 0.325 e. The zero-order chi connectivity index (χ0) is 20.3. The Morgan fingerprint density at radius 2 is 1.32 bits per heavy atom. The SMILES string of the molecule is COC(=O)C1(C(=O)OC)C(c2ccc(Cl)cc2)C12C(=O)c1ccccc1C2=O. The molecule has 1 saturated carbocycles. The second-order valence-corrected chi connectivity index (χ2v) is 7.22. The van der Waals surface area contributed by atoms with Gasteiger partial charge in [-0.1, -0.05) is 48.0 Å². The number of rotatable bonds is 3. The predicted octanol–water partition coefficient (Wildman–Crippen LogP) is 2.84. The van der Waals surface area contributed by atoms with Gasteiger partial charge in [0.05, 0.1) is 14.2 Å². The first-order valence-corrected chi connectivity index (χ1v) is 8.87. The van der Waals surface area contributed by atoms with Crippen LogP contribution in [0, 0.1) is 10.8 Å². The fraction of sp³-hybridized carbons (Fsp3) is 0.238. The van der Waals surface area contributed by atoms with Gasteiger partial charge in [0.2, 0.25) is 0 Å². The number of fused-ring (bicyclic) bond motifs is 1. The highest BCUT2D eigenvalue weighted by atomic mass is 35.5. The Morgan fingerprint density at radius 1 is 0.857 bits per heavy atom. The van der Waals surface area contributed by atoms with Crippen LogP contribution in [-0.4, -0.2) is 37.7 Å². The van der Waals surface area contributed by atoms with Gasteiger partial charge in [-0.05, 0) is 17.7 Å². The molecule has 1 spiro atoms. The number of hydrogen-bond donors (Lipinski definition) is 0. The van der Waals surface area contributed by atoms with Gasteiger partial charge < -0.3 is 9.47 Å². The summed E-state index contributed by atoms with van der Waals surface area (Å²) in [7, 11) is 2.21. The van der Waals surface area contributed by atoms with E-state index in [0.717, 1.165) is 14.2 Å². The largest absolute Gasteiger partial charge is 0.468 e. The fourth-order valence-electron chi connectivity index (χ4n) is 4.62. The van der Waals surface area contributed by atoms with Crippen molar-refractivity contribution in [1.29, 1.82) is 0 Å². The van der Waals surface area contributed by atoms with Gasteiger partial charge in [0.15, 0.2) is 17.0 Å². The lowest BCUT2D eigenvalue weighted by molar-refractivity contribution is -0.162. The highest BCUT2D eigenvalue weighted by Gasteiger charge is 2.94. The summed E-state index contributed by atoms with van der Waals surface area (Å²) in [6.07, 6.45) is 0. The third-order valence-electron chi connectivity index (χ3n) is 5.76. The topological polar surface area (TPSA) is 86.7 Å². The van der Waals surface area contributed by atoms with Crippen molar-refractivity contribution in [2.75, 3.05) is 14.2 Å². The molecule has 142 valence electrons. The van der Waals surface area contributed by atoms with Crippen molar-refractivity contribution in [2.24, 2.45) is 10.8 Å². The average Bonchev–Trinajstić information content (AvgIpc) is 3.31. The summed E-state index contributed by atoms with van der Waals surface area (Å²) in [5, 5.41) is 0.438. The average molecular weight is 399 g/mol. The number of esters is 2. The second-order valence-electron chi connectivity index (χ2n) is 6.79. The Morgan fingerprint density at radius 3 is 1.75 bits per heavy atom. The van der Waals surface area contributed by atoms with E-state index in [1.54, 1.807) is 36.4 Å². The van der Waals surface area contributed by atoms with Crippen molar-refractivity contribution in [3.05, 3.63) is 70.2 Å². The molecule has 0 aromatic heterocycles. The molecule has 4 rings (SSSR count). The van der Waals surface area contributed by atoms with Crippen LogP contribution in [0.1, 0.15) is 32.2 Å². The molecule has 0 radical (unpaired) electrons. The first-order valence-electron chi connectivity index (χ1n) is 8.49. The number of benzene rings is 2. The van der Waals surface area contributed by atoms with Gasteiger partial charge in [0, 0.05) is 22.1 Å². The molecule has 2 aromatic carbocycles. The van der Waals surface area contributed by atoms with Crippen molar-refractivity contribution in [2.45, 2.75) is 5.92 Å². The van der Waals surface area contributed by atoms with E-state index in [0.29, 0.717) is 10.6 Å². The number of ketones is 2. The summed E-state index contributed by atoms with van der Waals surface area (Å²) < 4.78 is 9.78. The number of methoxy groups -OCH3 is 2. The van der Waals surface area contributed by atoms with Crippen LogP contribution in [-0.2, 0) is 19.1 Å². The number of carbonyl (C=O) groups is 4. The third kappa shape index (κ3) is 1.88. The van der Waals surface area contributed by atoms with E-state index < -0.39 is 40.3 Å². The summed E-state index contributed by atoms with van der Waals surface area (Å²) in [4.78, 5) is 52.7. The maximum absolute atomic E-state index is 13.4. The monoisotopic (exact) mass is 398 g/mol. The lowest BCUT2D eigenvalue weighted by atomic mass is 9.87. The van der Waals surface area contributed by atoms with Gasteiger partial charge in [0.1, 0.15) is 5.41 Å². The molecule has 7 heteroatoms. The minimum absolute atomic E-state index is 0.182. The van der Waals surface area contributed by atoms with Crippen LogP contribution in [0.5, 0.6) is 0 Å². The summed E-state index contributed by atoms with van der Waals surface area (Å²) in [5.41, 5.74) is -3.20. The van der Waals surface area contributed by atoms with E-state index in [1.165, 1.54) is 12.1 Å². The highest BCUT2D eigenvalue weighted by molar-refractivity contribution is 6.39. The van der Waals surface area contributed by atoms with Crippen LogP contribution >= 0.6 is 11.6 Å². The van der Waals surface area contributed by atoms with Crippen molar-refractivity contribution in [1.82, 2.24) is 0 Å². The van der Waals surface area contributed by atoms with E-state index >= 15 is 0 Å². The lowest BCUT2D eigenvalue weighted by Gasteiger charge is -2.15. The number of hydrogen-bond acceptors (Lipinski definition) is 6. The number of halogens is 1. The molecular formula is C21H15ClO6. The van der Waals surface area contributed by atoms with Gasteiger partial charge in [-0.3, -0.25) is 19.2 Å².